The number of nitrogens with one attached hydrogen (secondary N) is 1. The third-order valence-electron chi connectivity index (χ3n) is 7.78. The molecule has 2 aromatic rings. The van der Waals surface area contributed by atoms with Crippen LogP contribution in [0.15, 0.2) is 41.3 Å². The third kappa shape index (κ3) is 5.39. The van der Waals surface area contributed by atoms with E-state index in [4.69, 9.17) is 11.5 Å². The van der Waals surface area contributed by atoms with Gasteiger partial charge in [-0.25, -0.2) is 9.59 Å². The summed E-state index contributed by atoms with van der Waals surface area (Å²) in [5, 5.41) is 2.69. The summed E-state index contributed by atoms with van der Waals surface area (Å²) in [6, 6.07) is 9.16. The molecule has 3 fully saturated rings. The fourth-order valence-corrected chi connectivity index (χ4v) is 5.61. The summed E-state index contributed by atoms with van der Waals surface area (Å²) in [4.78, 5) is 47.5. The van der Waals surface area contributed by atoms with Crippen LogP contribution in [0.1, 0.15) is 19.4 Å². The maximum absolute atomic E-state index is 12.7. The van der Waals surface area contributed by atoms with Gasteiger partial charge in [0.05, 0.1) is 11.2 Å². The largest absolute Gasteiger partial charge is 0.354 e. The van der Waals surface area contributed by atoms with Gasteiger partial charge < -0.3 is 21.3 Å². The molecule has 1 aliphatic carbocycles. The Hall–Kier alpha value is -3.28. The van der Waals surface area contributed by atoms with Crippen LogP contribution in [0.5, 0.6) is 0 Å². The van der Waals surface area contributed by atoms with Crippen LogP contribution < -0.4 is 22.5 Å². The van der Waals surface area contributed by atoms with E-state index in [1.165, 1.54) is 10.1 Å². The minimum atomic E-state index is -0.943. The lowest BCUT2D eigenvalue weighted by Gasteiger charge is -2.37. The lowest BCUT2D eigenvalue weighted by molar-refractivity contribution is -0.137. The maximum atomic E-state index is 12.7. The summed E-state index contributed by atoms with van der Waals surface area (Å²) in [5.74, 6) is 2.30. The van der Waals surface area contributed by atoms with Gasteiger partial charge in [0.25, 0.3) is 0 Å². The number of amides is 3. The summed E-state index contributed by atoms with van der Waals surface area (Å²) in [7, 11) is 0. The number of hydrogen-bond acceptors (Lipinski definition) is 7. The van der Waals surface area contributed by atoms with Crippen molar-refractivity contribution >= 4 is 17.8 Å². The fourth-order valence-electron chi connectivity index (χ4n) is 5.61. The van der Waals surface area contributed by atoms with Crippen molar-refractivity contribution < 1.29 is 9.59 Å². The van der Waals surface area contributed by atoms with E-state index in [2.05, 4.69) is 15.2 Å². The molecular weight excluding hydrogens is 472 g/mol. The monoisotopic (exact) mass is 508 g/mol. The molecule has 2 aliphatic heterocycles. The van der Waals surface area contributed by atoms with Crippen LogP contribution in [-0.2, 0) is 11.3 Å². The standard InChI is InChI=1S/C26H36N8O3/c1-26(2,28)23(35)32-9-11-33(12-10-32)24(36)29-22-7-8-34(25(37)30-22)18-5-3-17(4-6-18)14-31-15-20-19(13-27)21(20)16-31/h3-8,19-21H,9-16,27-28H2,1-2H3,(H,29,30,36,37). The Morgan fingerprint density at radius 3 is 2.22 bits per heavy atom. The van der Waals surface area contributed by atoms with Gasteiger partial charge in [-0.3, -0.25) is 19.6 Å². The van der Waals surface area contributed by atoms with Gasteiger partial charge >= 0.3 is 11.7 Å². The van der Waals surface area contributed by atoms with Crippen molar-refractivity contribution in [3.05, 3.63) is 52.6 Å². The molecule has 11 nitrogen and oxygen atoms in total. The molecule has 5 N–H and O–H groups in total. The zero-order valence-corrected chi connectivity index (χ0v) is 21.5. The van der Waals surface area contributed by atoms with Gasteiger partial charge in [0, 0.05) is 52.0 Å². The van der Waals surface area contributed by atoms with Gasteiger partial charge in [-0.2, -0.15) is 4.98 Å². The highest BCUT2D eigenvalue weighted by atomic mass is 16.2. The zero-order valence-electron chi connectivity index (χ0n) is 21.5. The number of fused-ring (bicyclic) bond motifs is 1. The first kappa shape index (κ1) is 25.4. The minimum Gasteiger partial charge on any atom is -0.338 e. The van der Waals surface area contributed by atoms with E-state index in [1.807, 2.05) is 24.3 Å². The van der Waals surface area contributed by atoms with Crippen molar-refractivity contribution in [2.75, 3.05) is 51.1 Å². The molecule has 2 saturated heterocycles. The summed E-state index contributed by atoms with van der Waals surface area (Å²) in [6.07, 6.45) is 1.61. The molecule has 37 heavy (non-hydrogen) atoms. The molecule has 3 amide bonds. The van der Waals surface area contributed by atoms with Crippen LogP contribution in [0, 0.1) is 17.8 Å². The summed E-state index contributed by atoms with van der Waals surface area (Å²) in [5.41, 5.74) is 12.2. The lowest BCUT2D eigenvalue weighted by atomic mass is 10.1. The normalized spacial score (nSPS) is 23.6. The number of rotatable bonds is 6. The van der Waals surface area contributed by atoms with Gasteiger partial charge in [0.2, 0.25) is 5.91 Å². The average Bonchev–Trinajstić information content (AvgIpc) is 3.36. The molecule has 0 radical (unpaired) electrons. The number of nitrogens with zero attached hydrogens (tertiary/aromatic N) is 5. The number of anilines is 1. The number of hydrogen-bond donors (Lipinski definition) is 3. The van der Waals surface area contributed by atoms with Crippen molar-refractivity contribution in [1.29, 1.82) is 0 Å². The number of piperazine rings is 1. The predicted octanol–water partition coefficient (Wildman–Crippen LogP) is 0.282. The predicted molar refractivity (Wildman–Crippen MR) is 140 cm³/mol. The number of piperidine rings is 1. The Kier molecular flexibility index (Phi) is 6.78. The van der Waals surface area contributed by atoms with Crippen LogP contribution in [0.2, 0.25) is 0 Å². The highest BCUT2D eigenvalue weighted by molar-refractivity contribution is 5.89. The van der Waals surface area contributed by atoms with Gasteiger partial charge in [-0.05, 0) is 61.9 Å². The Balaban J connectivity index is 1.14. The quantitative estimate of drug-likeness (QED) is 0.509. The number of aromatic nitrogens is 2. The van der Waals surface area contributed by atoms with Crippen LogP contribution in [0.3, 0.4) is 0 Å². The maximum Gasteiger partial charge on any atom is 0.354 e. The molecular formula is C26H36N8O3. The fraction of sp³-hybridized carbons (Fsp3) is 0.538. The molecule has 1 aromatic carbocycles. The first-order valence-electron chi connectivity index (χ1n) is 12.9. The smallest absolute Gasteiger partial charge is 0.338 e. The second-order valence-corrected chi connectivity index (χ2v) is 11.0. The first-order valence-corrected chi connectivity index (χ1v) is 12.9. The number of carbonyl (C=O) groups is 2. The molecule has 198 valence electrons. The number of carbonyl (C=O) groups excluding carboxylic acids is 2. The average molecular weight is 509 g/mol. The van der Waals surface area contributed by atoms with E-state index in [1.54, 1.807) is 35.9 Å². The number of benzene rings is 1. The molecule has 11 heteroatoms. The Morgan fingerprint density at radius 2 is 1.65 bits per heavy atom. The van der Waals surface area contributed by atoms with E-state index >= 15 is 0 Å². The van der Waals surface area contributed by atoms with E-state index < -0.39 is 11.2 Å². The lowest BCUT2D eigenvalue weighted by Crippen LogP contribution is -2.58. The molecule has 0 bridgehead atoms. The molecule has 3 aliphatic rings. The number of nitrogens with two attached hydrogens (primary N) is 2. The van der Waals surface area contributed by atoms with Crippen molar-refractivity contribution in [2.45, 2.75) is 25.9 Å². The summed E-state index contributed by atoms with van der Waals surface area (Å²) >= 11 is 0. The topological polar surface area (TPSA) is 143 Å². The molecule has 3 heterocycles. The highest BCUT2D eigenvalue weighted by Crippen LogP contribution is 2.51. The summed E-state index contributed by atoms with van der Waals surface area (Å²) < 4.78 is 1.45. The van der Waals surface area contributed by atoms with E-state index in [0.29, 0.717) is 26.2 Å². The molecule has 1 saturated carbocycles. The van der Waals surface area contributed by atoms with Crippen LogP contribution in [0.4, 0.5) is 10.6 Å². The van der Waals surface area contributed by atoms with Gasteiger partial charge in [-0.15, -0.1) is 0 Å². The van der Waals surface area contributed by atoms with Gasteiger partial charge in [0.1, 0.15) is 5.82 Å². The van der Waals surface area contributed by atoms with Crippen molar-refractivity contribution in [2.24, 2.45) is 29.2 Å². The Morgan fingerprint density at radius 1 is 1.03 bits per heavy atom. The number of likely N-dealkylation sites (tertiary alicyclic amines) is 1. The number of urea groups is 1. The van der Waals surface area contributed by atoms with Crippen molar-refractivity contribution in [3.63, 3.8) is 0 Å². The van der Waals surface area contributed by atoms with E-state index in [0.717, 1.165) is 49.6 Å². The van der Waals surface area contributed by atoms with Gasteiger partial charge in [0.15, 0.2) is 0 Å². The highest BCUT2D eigenvalue weighted by Gasteiger charge is 2.54. The van der Waals surface area contributed by atoms with Crippen molar-refractivity contribution in [1.82, 2.24) is 24.3 Å². The minimum absolute atomic E-state index is 0.140. The Bertz CT molecular complexity index is 1200. The van der Waals surface area contributed by atoms with Crippen molar-refractivity contribution in [3.8, 4) is 5.69 Å². The molecule has 5 rings (SSSR count). The molecule has 0 spiro atoms. The zero-order chi connectivity index (χ0) is 26.3. The van der Waals surface area contributed by atoms with Crippen LogP contribution in [0.25, 0.3) is 5.69 Å². The molecule has 2 atom stereocenters. The van der Waals surface area contributed by atoms with E-state index in [-0.39, 0.29) is 17.8 Å². The van der Waals surface area contributed by atoms with Crippen LogP contribution in [-0.4, -0.2) is 87.5 Å². The van der Waals surface area contributed by atoms with E-state index in [9.17, 15) is 14.4 Å². The Labute approximate surface area is 216 Å². The molecule has 2 unspecified atom stereocenters. The SMILES string of the molecule is CC(C)(N)C(=O)N1CCN(C(=O)Nc2ccn(-c3ccc(CN4CC5C(CN)C5C4)cc3)c(=O)n2)CC1. The van der Waals surface area contributed by atoms with Crippen LogP contribution >= 0.6 is 0 Å². The first-order chi connectivity index (χ1) is 17.6. The second-order valence-electron chi connectivity index (χ2n) is 11.0. The second kappa shape index (κ2) is 9.88. The molecule has 1 aromatic heterocycles. The summed E-state index contributed by atoms with van der Waals surface area (Å²) in [6.45, 7) is 8.85. The van der Waals surface area contributed by atoms with Gasteiger partial charge in [-0.1, -0.05) is 12.1 Å². The third-order valence-corrected chi connectivity index (χ3v) is 7.78.